The van der Waals surface area contributed by atoms with Crippen LogP contribution < -0.4 is 0 Å². The molecule has 5 heteroatoms. The van der Waals surface area contributed by atoms with Gasteiger partial charge in [0.2, 0.25) is 0 Å². The molecule has 2 heterocycles. The number of nitrogens with zero attached hydrogens (tertiary/aromatic N) is 2. The lowest BCUT2D eigenvalue weighted by Crippen LogP contribution is -2.50. The van der Waals surface area contributed by atoms with Crippen LogP contribution in [0.5, 0.6) is 0 Å². The molecule has 0 saturated carbocycles. The fourth-order valence-electron chi connectivity index (χ4n) is 4.13. The van der Waals surface area contributed by atoms with E-state index in [9.17, 15) is 9.59 Å². The summed E-state index contributed by atoms with van der Waals surface area (Å²) in [6.07, 6.45) is 5.18. The maximum absolute atomic E-state index is 12.8. The summed E-state index contributed by atoms with van der Waals surface area (Å²) >= 11 is 0. The molecule has 1 N–H and O–H groups in total. The highest BCUT2D eigenvalue weighted by Gasteiger charge is 2.30. The number of rotatable bonds is 4. The topological polar surface area (TPSA) is 60.9 Å². The molecule has 3 rings (SSSR count). The Balaban J connectivity index is 1.47. The van der Waals surface area contributed by atoms with E-state index in [2.05, 4.69) is 24.3 Å². The van der Waals surface area contributed by atoms with Gasteiger partial charge < -0.3 is 14.9 Å². The lowest BCUT2D eigenvalue weighted by atomic mass is 9.90. The van der Waals surface area contributed by atoms with Crippen LogP contribution in [0.2, 0.25) is 0 Å². The quantitative estimate of drug-likeness (QED) is 0.912. The van der Waals surface area contributed by atoms with Crippen LogP contribution in [0.15, 0.2) is 30.3 Å². The molecule has 1 unspecified atom stereocenters. The summed E-state index contributed by atoms with van der Waals surface area (Å²) in [6, 6.07) is 10.7. The second-order valence-corrected chi connectivity index (χ2v) is 7.45. The number of hydrogen-bond acceptors (Lipinski definition) is 2. The zero-order chi connectivity index (χ0) is 17.6. The molecule has 5 nitrogen and oxygen atoms in total. The minimum atomic E-state index is -0.763. The van der Waals surface area contributed by atoms with Crippen molar-refractivity contribution in [2.75, 3.05) is 26.2 Å². The molecule has 2 aliphatic heterocycles. The maximum atomic E-state index is 12.8. The van der Waals surface area contributed by atoms with E-state index in [1.165, 1.54) is 5.56 Å². The lowest BCUT2D eigenvalue weighted by Gasteiger charge is -2.39. The average molecular weight is 344 g/mol. The number of carbonyl (C=O) groups excluding carboxylic acids is 1. The summed E-state index contributed by atoms with van der Waals surface area (Å²) in [5, 5.41) is 8.98. The SMILES string of the molecule is O=C(O)CC1CCCN(C(=O)N2CCC(Cc3ccccc3)CC2)C1. The number of carboxylic acid groups (broad SMARTS) is 1. The zero-order valence-electron chi connectivity index (χ0n) is 14.8. The first kappa shape index (κ1) is 17.8. The minimum absolute atomic E-state index is 0.103. The Bertz CT molecular complexity index is 582. The van der Waals surface area contributed by atoms with Crippen molar-refractivity contribution in [3.05, 3.63) is 35.9 Å². The van der Waals surface area contributed by atoms with Crippen LogP contribution in [-0.4, -0.2) is 53.1 Å². The van der Waals surface area contributed by atoms with Gasteiger partial charge in [-0.2, -0.15) is 0 Å². The largest absolute Gasteiger partial charge is 0.481 e. The molecule has 0 aliphatic carbocycles. The fourth-order valence-corrected chi connectivity index (χ4v) is 4.13. The van der Waals surface area contributed by atoms with Gasteiger partial charge in [0.15, 0.2) is 0 Å². The zero-order valence-corrected chi connectivity index (χ0v) is 14.8. The van der Waals surface area contributed by atoms with Gasteiger partial charge >= 0.3 is 12.0 Å². The molecule has 2 amide bonds. The molecule has 0 spiro atoms. The molecule has 1 atom stereocenters. The van der Waals surface area contributed by atoms with Gasteiger partial charge in [-0.25, -0.2) is 4.79 Å². The normalized spacial score (nSPS) is 22.0. The molecule has 0 bridgehead atoms. The van der Waals surface area contributed by atoms with E-state index in [1.54, 1.807) is 0 Å². The molecule has 1 aromatic carbocycles. The minimum Gasteiger partial charge on any atom is -0.481 e. The average Bonchev–Trinajstić information content (AvgIpc) is 2.62. The highest BCUT2D eigenvalue weighted by Crippen LogP contribution is 2.25. The molecule has 25 heavy (non-hydrogen) atoms. The van der Waals surface area contributed by atoms with Gasteiger partial charge in [-0.1, -0.05) is 30.3 Å². The van der Waals surface area contributed by atoms with Crippen LogP contribution in [0, 0.1) is 11.8 Å². The molecular formula is C20H28N2O3. The first-order chi connectivity index (χ1) is 12.1. The van der Waals surface area contributed by atoms with Crippen molar-refractivity contribution in [1.82, 2.24) is 9.80 Å². The van der Waals surface area contributed by atoms with Gasteiger partial charge in [0, 0.05) is 32.6 Å². The Labute approximate surface area is 149 Å². The summed E-state index contributed by atoms with van der Waals surface area (Å²) in [6.45, 7) is 2.99. The molecule has 1 aromatic rings. The highest BCUT2D eigenvalue weighted by molar-refractivity contribution is 5.75. The Kier molecular flexibility index (Phi) is 5.95. The smallest absolute Gasteiger partial charge is 0.320 e. The van der Waals surface area contributed by atoms with Gasteiger partial charge in [-0.15, -0.1) is 0 Å². The van der Waals surface area contributed by atoms with E-state index < -0.39 is 5.97 Å². The van der Waals surface area contributed by atoms with E-state index in [0.29, 0.717) is 12.5 Å². The standard InChI is InChI=1S/C20H28N2O3/c23-19(24)14-18-7-4-10-22(15-18)20(25)21-11-8-17(9-12-21)13-16-5-2-1-3-6-16/h1-3,5-6,17-18H,4,7-15H2,(H,23,24). The monoisotopic (exact) mass is 344 g/mol. The van der Waals surface area contributed by atoms with Crippen molar-refractivity contribution in [2.24, 2.45) is 11.8 Å². The first-order valence-corrected chi connectivity index (χ1v) is 9.41. The number of aliphatic carboxylic acids is 1. The van der Waals surface area contributed by atoms with E-state index in [4.69, 9.17) is 5.11 Å². The second kappa shape index (κ2) is 8.37. The number of piperidine rings is 2. The summed E-state index contributed by atoms with van der Waals surface area (Å²) in [5.41, 5.74) is 1.37. The fraction of sp³-hybridized carbons (Fsp3) is 0.600. The number of carboxylic acids is 1. The summed E-state index contributed by atoms with van der Waals surface area (Å²) in [7, 11) is 0. The number of amides is 2. The predicted molar refractivity (Wildman–Crippen MR) is 96.4 cm³/mol. The Morgan fingerprint density at radius 2 is 1.68 bits per heavy atom. The van der Waals surface area contributed by atoms with Crippen molar-refractivity contribution in [3.8, 4) is 0 Å². The highest BCUT2D eigenvalue weighted by atomic mass is 16.4. The third kappa shape index (κ3) is 4.97. The number of carbonyl (C=O) groups is 2. The summed E-state index contributed by atoms with van der Waals surface area (Å²) in [4.78, 5) is 27.5. The third-order valence-electron chi connectivity index (χ3n) is 5.51. The Morgan fingerprint density at radius 1 is 0.960 bits per heavy atom. The van der Waals surface area contributed by atoms with Gasteiger partial charge in [0.05, 0.1) is 0 Å². The summed E-state index contributed by atoms with van der Waals surface area (Å²) < 4.78 is 0. The second-order valence-electron chi connectivity index (χ2n) is 7.45. The van der Waals surface area contributed by atoms with E-state index in [-0.39, 0.29) is 18.4 Å². The molecule has 0 aromatic heterocycles. The van der Waals surface area contributed by atoms with Crippen molar-refractivity contribution in [3.63, 3.8) is 0 Å². The Hall–Kier alpha value is -2.04. The van der Waals surface area contributed by atoms with Crippen LogP contribution in [0.4, 0.5) is 4.79 Å². The Morgan fingerprint density at radius 3 is 2.36 bits per heavy atom. The molecule has 2 fully saturated rings. The molecule has 0 radical (unpaired) electrons. The van der Waals surface area contributed by atoms with Crippen LogP contribution in [0.25, 0.3) is 0 Å². The van der Waals surface area contributed by atoms with Gasteiger partial charge in [-0.05, 0) is 49.5 Å². The number of hydrogen-bond donors (Lipinski definition) is 1. The van der Waals surface area contributed by atoms with Crippen molar-refractivity contribution >= 4 is 12.0 Å². The maximum Gasteiger partial charge on any atom is 0.320 e. The summed E-state index contributed by atoms with van der Waals surface area (Å²) in [5.74, 6) is -0.0144. The van der Waals surface area contributed by atoms with Gasteiger partial charge in [-0.3, -0.25) is 4.79 Å². The molecule has 2 aliphatic rings. The van der Waals surface area contributed by atoms with Gasteiger partial charge in [0.25, 0.3) is 0 Å². The lowest BCUT2D eigenvalue weighted by molar-refractivity contribution is -0.138. The van der Waals surface area contributed by atoms with Crippen LogP contribution in [0.3, 0.4) is 0 Å². The van der Waals surface area contributed by atoms with Crippen LogP contribution in [0.1, 0.15) is 37.7 Å². The molecular weight excluding hydrogens is 316 g/mol. The van der Waals surface area contributed by atoms with Crippen molar-refractivity contribution < 1.29 is 14.7 Å². The number of likely N-dealkylation sites (tertiary alicyclic amines) is 2. The number of urea groups is 1. The van der Waals surface area contributed by atoms with E-state index >= 15 is 0 Å². The van der Waals surface area contributed by atoms with Crippen molar-refractivity contribution in [2.45, 2.75) is 38.5 Å². The van der Waals surface area contributed by atoms with Crippen molar-refractivity contribution in [1.29, 1.82) is 0 Å². The third-order valence-corrected chi connectivity index (χ3v) is 5.51. The molecule has 136 valence electrons. The van der Waals surface area contributed by atoms with Crippen LogP contribution >= 0.6 is 0 Å². The van der Waals surface area contributed by atoms with Gasteiger partial charge in [0.1, 0.15) is 0 Å². The molecule has 2 saturated heterocycles. The number of benzene rings is 1. The van der Waals surface area contributed by atoms with Crippen LogP contribution in [-0.2, 0) is 11.2 Å². The first-order valence-electron chi connectivity index (χ1n) is 9.41. The van der Waals surface area contributed by atoms with E-state index in [1.807, 2.05) is 15.9 Å². The predicted octanol–water partition coefficient (Wildman–Crippen LogP) is 3.25. The van der Waals surface area contributed by atoms with E-state index in [0.717, 1.165) is 51.7 Å².